The average molecular weight is 232 g/mol. The Hall–Kier alpha value is -0.240. The molecule has 0 spiro atoms. The van der Waals surface area contributed by atoms with Crippen LogP contribution in [0.4, 0.5) is 0 Å². The fourth-order valence-corrected chi connectivity index (χ4v) is 1.89. The fraction of sp³-hybridized carbons (Fsp3) is 0.455. The van der Waals surface area contributed by atoms with Crippen LogP contribution in [0.3, 0.4) is 0 Å². The van der Waals surface area contributed by atoms with Crippen molar-refractivity contribution in [3.63, 3.8) is 0 Å². The van der Waals surface area contributed by atoms with E-state index in [2.05, 4.69) is 18.2 Å². The zero-order valence-corrected chi connectivity index (χ0v) is 9.61. The minimum absolute atomic E-state index is 0.580. The number of nitrogens with two attached hydrogens (primary N) is 1. The maximum Gasteiger partial charge on any atom is 0.0264 e. The van der Waals surface area contributed by atoms with Crippen molar-refractivity contribution < 1.29 is 0 Å². The average Bonchev–Trinajstić information content (AvgIpc) is 2.21. The van der Waals surface area contributed by atoms with Crippen LogP contribution in [0.25, 0.3) is 0 Å². The van der Waals surface area contributed by atoms with E-state index in [4.69, 9.17) is 28.9 Å². The Labute approximate surface area is 95.2 Å². The molecular formula is C11H15Cl2N. The molecule has 0 heterocycles. The van der Waals surface area contributed by atoms with Crippen LogP contribution in [-0.4, -0.2) is 11.8 Å². The molecule has 3 heteroatoms. The van der Waals surface area contributed by atoms with Gasteiger partial charge in [0.15, 0.2) is 0 Å². The number of rotatable bonds is 5. The molecule has 14 heavy (non-hydrogen) atoms. The van der Waals surface area contributed by atoms with Crippen molar-refractivity contribution in [2.45, 2.75) is 19.4 Å². The lowest BCUT2D eigenvalue weighted by molar-refractivity contribution is 1.01. The van der Waals surface area contributed by atoms with Gasteiger partial charge in [0.1, 0.15) is 0 Å². The number of benzene rings is 1. The third-order valence-corrected chi connectivity index (χ3v) is 2.61. The van der Waals surface area contributed by atoms with Gasteiger partial charge in [-0.1, -0.05) is 18.2 Å². The van der Waals surface area contributed by atoms with Crippen LogP contribution in [0.5, 0.6) is 0 Å². The molecule has 2 N–H and O–H groups in total. The second kappa shape index (κ2) is 6.28. The molecule has 0 aliphatic heterocycles. The van der Waals surface area contributed by atoms with E-state index in [1.54, 1.807) is 0 Å². The van der Waals surface area contributed by atoms with Gasteiger partial charge in [-0.3, -0.25) is 0 Å². The van der Waals surface area contributed by atoms with Gasteiger partial charge in [-0.05, 0) is 29.5 Å². The smallest absolute Gasteiger partial charge is 0.0264 e. The SMILES string of the molecule is NCc1ccc(CCCl)c(CCCl)c1. The van der Waals surface area contributed by atoms with Crippen molar-refractivity contribution in [1.29, 1.82) is 0 Å². The topological polar surface area (TPSA) is 26.0 Å². The molecule has 0 aromatic heterocycles. The summed E-state index contributed by atoms with van der Waals surface area (Å²) in [6.07, 6.45) is 1.79. The zero-order chi connectivity index (χ0) is 10.4. The molecule has 0 fully saturated rings. The second-order valence-electron chi connectivity index (χ2n) is 3.19. The van der Waals surface area contributed by atoms with Gasteiger partial charge < -0.3 is 5.73 Å². The van der Waals surface area contributed by atoms with Gasteiger partial charge >= 0.3 is 0 Å². The summed E-state index contributed by atoms with van der Waals surface area (Å²) in [5.41, 5.74) is 9.31. The molecule has 0 radical (unpaired) electrons. The first-order chi connectivity index (χ1) is 6.81. The number of halogens is 2. The first-order valence-electron chi connectivity index (χ1n) is 4.74. The Morgan fingerprint density at radius 2 is 1.64 bits per heavy atom. The lowest BCUT2D eigenvalue weighted by Crippen LogP contribution is -2.02. The quantitative estimate of drug-likeness (QED) is 0.776. The van der Waals surface area contributed by atoms with Crippen LogP contribution >= 0.6 is 23.2 Å². The number of hydrogen-bond donors (Lipinski definition) is 1. The van der Waals surface area contributed by atoms with E-state index in [0.717, 1.165) is 18.4 Å². The second-order valence-corrected chi connectivity index (χ2v) is 3.94. The van der Waals surface area contributed by atoms with Crippen molar-refractivity contribution in [2.24, 2.45) is 5.73 Å². The van der Waals surface area contributed by atoms with Crippen molar-refractivity contribution >= 4 is 23.2 Å². The van der Waals surface area contributed by atoms with E-state index in [0.29, 0.717) is 18.3 Å². The number of hydrogen-bond acceptors (Lipinski definition) is 1. The summed E-state index contributed by atoms with van der Waals surface area (Å²) in [4.78, 5) is 0. The lowest BCUT2D eigenvalue weighted by Gasteiger charge is -2.08. The predicted octanol–water partition coefficient (Wildman–Crippen LogP) is 2.71. The van der Waals surface area contributed by atoms with Gasteiger partial charge in [0, 0.05) is 18.3 Å². The van der Waals surface area contributed by atoms with Crippen molar-refractivity contribution in [3.8, 4) is 0 Å². The minimum atomic E-state index is 0.580. The van der Waals surface area contributed by atoms with Crippen LogP contribution in [0.1, 0.15) is 16.7 Å². The molecule has 0 aliphatic rings. The Bertz CT molecular complexity index is 287. The molecule has 0 saturated heterocycles. The summed E-state index contributed by atoms with van der Waals surface area (Å²) >= 11 is 11.5. The summed E-state index contributed by atoms with van der Waals surface area (Å²) in [6.45, 7) is 0.580. The van der Waals surface area contributed by atoms with E-state index in [1.165, 1.54) is 11.1 Å². The van der Waals surface area contributed by atoms with Crippen molar-refractivity contribution in [1.82, 2.24) is 0 Å². The van der Waals surface area contributed by atoms with Crippen LogP contribution in [-0.2, 0) is 19.4 Å². The monoisotopic (exact) mass is 231 g/mol. The van der Waals surface area contributed by atoms with Gasteiger partial charge in [-0.2, -0.15) is 0 Å². The maximum atomic E-state index is 5.74. The first kappa shape index (κ1) is 11.8. The highest BCUT2D eigenvalue weighted by Crippen LogP contribution is 2.14. The van der Waals surface area contributed by atoms with E-state index < -0.39 is 0 Å². The molecule has 0 unspecified atom stereocenters. The first-order valence-corrected chi connectivity index (χ1v) is 5.81. The number of alkyl halides is 2. The summed E-state index contributed by atoms with van der Waals surface area (Å²) in [7, 11) is 0. The number of aryl methyl sites for hydroxylation is 2. The van der Waals surface area contributed by atoms with E-state index in [9.17, 15) is 0 Å². The molecule has 0 atom stereocenters. The van der Waals surface area contributed by atoms with E-state index in [-0.39, 0.29) is 0 Å². The van der Waals surface area contributed by atoms with Gasteiger partial charge in [-0.25, -0.2) is 0 Å². The van der Waals surface area contributed by atoms with Crippen molar-refractivity contribution in [2.75, 3.05) is 11.8 Å². The Kier molecular flexibility index (Phi) is 5.31. The molecule has 0 aliphatic carbocycles. The largest absolute Gasteiger partial charge is 0.326 e. The molecule has 1 aromatic rings. The Morgan fingerprint density at radius 3 is 2.21 bits per heavy atom. The Balaban J connectivity index is 2.91. The zero-order valence-electron chi connectivity index (χ0n) is 8.10. The molecular weight excluding hydrogens is 217 g/mol. The summed E-state index contributed by atoms with van der Waals surface area (Å²) < 4.78 is 0. The maximum absolute atomic E-state index is 5.74. The van der Waals surface area contributed by atoms with Crippen molar-refractivity contribution in [3.05, 3.63) is 34.9 Å². The highest BCUT2D eigenvalue weighted by molar-refractivity contribution is 6.18. The predicted molar refractivity (Wildman–Crippen MR) is 63.2 cm³/mol. The summed E-state index contributed by atoms with van der Waals surface area (Å²) in [5.74, 6) is 1.29. The van der Waals surface area contributed by atoms with E-state index in [1.807, 2.05) is 0 Å². The lowest BCUT2D eigenvalue weighted by atomic mass is 10.00. The molecule has 1 aromatic carbocycles. The van der Waals surface area contributed by atoms with Gasteiger partial charge in [0.2, 0.25) is 0 Å². The van der Waals surface area contributed by atoms with E-state index >= 15 is 0 Å². The van der Waals surface area contributed by atoms with Crippen LogP contribution in [0.2, 0.25) is 0 Å². The highest BCUT2D eigenvalue weighted by Gasteiger charge is 2.02. The minimum Gasteiger partial charge on any atom is -0.326 e. The summed E-state index contributed by atoms with van der Waals surface area (Å²) in [5, 5.41) is 0. The fourth-order valence-electron chi connectivity index (χ4n) is 1.49. The van der Waals surface area contributed by atoms with Gasteiger partial charge in [0.25, 0.3) is 0 Å². The molecule has 0 bridgehead atoms. The highest BCUT2D eigenvalue weighted by atomic mass is 35.5. The summed E-state index contributed by atoms with van der Waals surface area (Å²) in [6, 6.07) is 6.29. The molecule has 0 amide bonds. The third-order valence-electron chi connectivity index (χ3n) is 2.23. The normalized spacial score (nSPS) is 10.5. The standard InChI is InChI=1S/C11H15Cl2N/c12-5-3-10-2-1-9(8-14)7-11(10)4-6-13/h1-2,7H,3-6,8,14H2. The van der Waals surface area contributed by atoms with Crippen LogP contribution in [0.15, 0.2) is 18.2 Å². The molecule has 1 rings (SSSR count). The van der Waals surface area contributed by atoms with Gasteiger partial charge in [-0.15, -0.1) is 23.2 Å². The van der Waals surface area contributed by atoms with Gasteiger partial charge in [0.05, 0.1) is 0 Å². The third kappa shape index (κ3) is 3.16. The molecule has 0 saturated carbocycles. The van der Waals surface area contributed by atoms with Crippen LogP contribution in [0, 0.1) is 0 Å². The van der Waals surface area contributed by atoms with Crippen LogP contribution < -0.4 is 5.73 Å². The molecule has 78 valence electrons. The Morgan fingerprint density at radius 1 is 1.00 bits per heavy atom. The molecule has 1 nitrogen and oxygen atoms in total.